The molecule has 1 heterocycles. The van der Waals surface area contributed by atoms with Crippen molar-refractivity contribution in [1.29, 1.82) is 0 Å². The van der Waals surface area contributed by atoms with E-state index >= 15 is 0 Å². The Morgan fingerprint density at radius 1 is 1.05 bits per heavy atom. The Labute approximate surface area is 138 Å². The van der Waals surface area contributed by atoms with Crippen LogP contribution >= 0.6 is 0 Å². The van der Waals surface area contributed by atoms with E-state index in [1.54, 1.807) is 5.57 Å². The van der Waals surface area contributed by atoms with E-state index in [0.717, 1.165) is 31.5 Å². The van der Waals surface area contributed by atoms with E-state index in [2.05, 4.69) is 52.5 Å². The fourth-order valence-electron chi connectivity index (χ4n) is 4.37. The van der Waals surface area contributed by atoms with E-state index in [1.165, 1.54) is 25.7 Å². The quantitative estimate of drug-likeness (QED) is 0.688. The molecule has 0 N–H and O–H groups in total. The lowest BCUT2D eigenvalue weighted by atomic mass is 9.69. The monoisotopic (exact) mass is 307 g/mol. The molecule has 0 bridgehead atoms. The molecule has 0 aromatic carbocycles. The van der Waals surface area contributed by atoms with Gasteiger partial charge in [0, 0.05) is 19.6 Å². The maximum Gasteiger partial charge on any atom is 0.0678 e. The number of ether oxygens (including phenoxy) is 1. The zero-order valence-corrected chi connectivity index (χ0v) is 15.7. The molecule has 22 heavy (non-hydrogen) atoms. The van der Waals surface area contributed by atoms with E-state index in [1.807, 2.05) is 0 Å². The van der Waals surface area contributed by atoms with Gasteiger partial charge >= 0.3 is 0 Å². The van der Waals surface area contributed by atoms with Crippen molar-refractivity contribution >= 4 is 0 Å². The van der Waals surface area contributed by atoms with Gasteiger partial charge in [-0.1, -0.05) is 32.4 Å². The highest BCUT2D eigenvalue weighted by Crippen LogP contribution is 2.40. The van der Waals surface area contributed by atoms with Crippen molar-refractivity contribution in [2.45, 2.75) is 79.4 Å². The molecule has 1 saturated carbocycles. The third-order valence-corrected chi connectivity index (χ3v) is 5.49. The normalized spacial score (nSPS) is 35.6. The lowest BCUT2D eigenvalue weighted by Crippen LogP contribution is -2.45. The molecule has 2 fully saturated rings. The van der Waals surface area contributed by atoms with Gasteiger partial charge in [-0.2, -0.15) is 0 Å². The summed E-state index contributed by atoms with van der Waals surface area (Å²) in [5.74, 6) is 1.73. The number of hydrogen-bond donors (Lipinski definition) is 0. The second-order valence-electron chi connectivity index (χ2n) is 8.94. The van der Waals surface area contributed by atoms with Crippen LogP contribution < -0.4 is 0 Å². The van der Waals surface area contributed by atoms with Crippen LogP contribution in [0.2, 0.25) is 0 Å². The minimum absolute atomic E-state index is 0.374. The van der Waals surface area contributed by atoms with Gasteiger partial charge in [-0.25, -0.2) is 0 Å². The lowest BCUT2D eigenvalue weighted by Gasteiger charge is -2.37. The fraction of sp³-hybridized carbons (Fsp3) is 0.900. The third kappa shape index (κ3) is 5.38. The summed E-state index contributed by atoms with van der Waals surface area (Å²) in [5, 5.41) is 0. The topological polar surface area (TPSA) is 12.5 Å². The van der Waals surface area contributed by atoms with Crippen LogP contribution in [0, 0.1) is 17.3 Å². The Hall–Kier alpha value is -0.340. The van der Waals surface area contributed by atoms with Gasteiger partial charge < -0.3 is 4.74 Å². The Kier molecular flexibility index (Phi) is 6.13. The summed E-state index contributed by atoms with van der Waals surface area (Å²) in [7, 11) is 0. The largest absolute Gasteiger partial charge is 0.373 e. The van der Waals surface area contributed by atoms with Gasteiger partial charge in [-0.3, -0.25) is 4.90 Å². The molecule has 1 aliphatic heterocycles. The van der Waals surface area contributed by atoms with Crippen LogP contribution in [-0.2, 0) is 4.74 Å². The number of nitrogens with zero attached hydrogens (tertiary/aromatic N) is 1. The maximum absolute atomic E-state index is 5.83. The van der Waals surface area contributed by atoms with E-state index in [0.29, 0.717) is 17.6 Å². The maximum atomic E-state index is 5.83. The molecule has 2 atom stereocenters. The molecule has 1 aliphatic carbocycles. The number of allylic oxidation sites excluding steroid dienone is 1. The van der Waals surface area contributed by atoms with Crippen LogP contribution in [0.3, 0.4) is 0 Å². The second kappa shape index (κ2) is 7.49. The Morgan fingerprint density at radius 3 is 2.09 bits per heavy atom. The Balaban J connectivity index is 1.80. The predicted molar refractivity (Wildman–Crippen MR) is 95.1 cm³/mol. The third-order valence-electron chi connectivity index (χ3n) is 5.49. The van der Waals surface area contributed by atoms with Crippen molar-refractivity contribution in [2.24, 2.45) is 17.3 Å². The average Bonchev–Trinajstić information content (AvgIpc) is 2.36. The highest BCUT2D eigenvalue weighted by molar-refractivity contribution is 5.05. The van der Waals surface area contributed by atoms with Gasteiger partial charge in [-0.15, -0.1) is 0 Å². The van der Waals surface area contributed by atoms with Gasteiger partial charge in [0.1, 0.15) is 0 Å². The first-order chi connectivity index (χ1) is 10.2. The highest BCUT2D eigenvalue weighted by Gasteiger charge is 2.29. The van der Waals surface area contributed by atoms with Crippen LogP contribution in [-0.4, -0.2) is 36.7 Å². The van der Waals surface area contributed by atoms with Gasteiger partial charge in [0.05, 0.1) is 12.2 Å². The summed E-state index contributed by atoms with van der Waals surface area (Å²) in [6, 6.07) is 0. The van der Waals surface area contributed by atoms with E-state index in [9.17, 15) is 0 Å². The molecule has 0 radical (unpaired) electrons. The number of rotatable bonds is 3. The molecule has 2 heteroatoms. The van der Waals surface area contributed by atoms with Crippen molar-refractivity contribution < 1.29 is 4.74 Å². The first kappa shape index (κ1) is 18.0. The predicted octanol–water partition coefficient (Wildman–Crippen LogP) is 4.89. The molecule has 0 spiro atoms. The average molecular weight is 308 g/mol. The van der Waals surface area contributed by atoms with E-state index < -0.39 is 0 Å². The minimum Gasteiger partial charge on any atom is -0.373 e. The van der Waals surface area contributed by atoms with Crippen LogP contribution in [0.4, 0.5) is 0 Å². The molecule has 0 aromatic rings. The smallest absolute Gasteiger partial charge is 0.0678 e. The Morgan fingerprint density at radius 2 is 1.59 bits per heavy atom. The van der Waals surface area contributed by atoms with Crippen LogP contribution in [0.5, 0.6) is 0 Å². The molecule has 2 rings (SSSR count). The first-order valence-corrected chi connectivity index (χ1v) is 9.29. The highest BCUT2D eigenvalue weighted by atomic mass is 16.5. The molecular formula is C20H37NO. The van der Waals surface area contributed by atoms with E-state index in [-0.39, 0.29) is 0 Å². The standard InChI is InChI=1S/C20H37NO/c1-15(12-21-13-16(2)22-17(3)14-21)11-18-7-9-19(10-8-18)20(4,5)6/h11,16-19H,7-10,12-14H2,1-6H3. The second-order valence-corrected chi connectivity index (χ2v) is 8.94. The van der Waals surface area contributed by atoms with Gasteiger partial charge in [0.25, 0.3) is 0 Å². The first-order valence-electron chi connectivity index (χ1n) is 9.29. The molecule has 2 unspecified atom stereocenters. The van der Waals surface area contributed by atoms with Gasteiger partial charge in [0.15, 0.2) is 0 Å². The minimum atomic E-state index is 0.374. The molecule has 1 saturated heterocycles. The van der Waals surface area contributed by atoms with Crippen LogP contribution in [0.15, 0.2) is 11.6 Å². The van der Waals surface area contributed by atoms with Crippen LogP contribution in [0.25, 0.3) is 0 Å². The van der Waals surface area contributed by atoms with Crippen LogP contribution in [0.1, 0.15) is 67.2 Å². The van der Waals surface area contributed by atoms with Crippen molar-refractivity contribution in [1.82, 2.24) is 4.90 Å². The van der Waals surface area contributed by atoms with E-state index in [4.69, 9.17) is 4.74 Å². The summed E-state index contributed by atoms with van der Waals surface area (Å²) < 4.78 is 5.83. The molecule has 2 aliphatic rings. The SMILES string of the molecule is CC(=CC1CCC(C(C)(C)C)CC1)CN1CC(C)OC(C)C1. The summed E-state index contributed by atoms with van der Waals surface area (Å²) in [4.78, 5) is 2.56. The molecule has 0 amide bonds. The van der Waals surface area contributed by atoms with Gasteiger partial charge in [-0.05, 0) is 63.7 Å². The van der Waals surface area contributed by atoms with Crippen molar-refractivity contribution in [3.63, 3.8) is 0 Å². The summed E-state index contributed by atoms with van der Waals surface area (Å²) in [5.41, 5.74) is 2.05. The Bertz CT molecular complexity index is 364. The number of morpholine rings is 1. The summed E-state index contributed by atoms with van der Waals surface area (Å²) in [6.07, 6.45) is 8.90. The van der Waals surface area contributed by atoms with Crippen molar-refractivity contribution in [3.8, 4) is 0 Å². The zero-order valence-electron chi connectivity index (χ0n) is 15.7. The number of hydrogen-bond acceptors (Lipinski definition) is 2. The summed E-state index contributed by atoms with van der Waals surface area (Å²) in [6.45, 7) is 17.2. The summed E-state index contributed by atoms with van der Waals surface area (Å²) >= 11 is 0. The molecular weight excluding hydrogens is 270 g/mol. The van der Waals surface area contributed by atoms with Crippen molar-refractivity contribution in [2.75, 3.05) is 19.6 Å². The fourth-order valence-corrected chi connectivity index (χ4v) is 4.37. The molecule has 0 aromatic heterocycles. The van der Waals surface area contributed by atoms with Gasteiger partial charge in [0.2, 0.25) is 0 Å². The van der Waals surface area contributed by atoms with Crippen molar-refractivity contribution in [3.05, 3.63) is 11.6 Å². The zero-order chi connectivity index (χ0) is 16.3. The lowest BCUT2D eigenvalue weighted by molar-refractivity contribution is -0.0653. The molecule has 2 nitrogen and oxygen atoms in total. The molecule has 128 valence electrons.